The second kappa shape index (κ2) is 7.17. The van der Waals surface area contributed by atoms with Crippen molar-refractivity contribution < 1.29 is 14.5 Å². The van der Waals surface area contributed by atoms with Crippen molar-refractivity contribution in [3.8, 4) is 5.75 Å². The second-order valence-corrected chi connectivity index (χ2v) is 6.73. The average molecular weight is 341 g/mol. The topological polar surface area (TPSA) is 72.7 Å². The molecule has 0 spiro atoms. The number of nitrogens with zero attached hydrogens (tertiary/aromatic N) is 2. The molecule has 0 N–H and O–H groups in total. The summed E-state index contributed by atoms with van der Waals surface area (Å²) in [7, 11) is 0. The molecule has 1 amide bonds. The van der Waals surface area contributed by atoms with Crippen LogP contribution in [0.4, 0.5) is 5.69 Å². The number of carbonyl (C=O) groups is 1. The molecule has 1 aliphatic heterocycles. The molecule has 1 aromatic carbocycles. The van der Waals surface area contributed by atoms with Crippen molar-refractivity contribution in [3.63, 3.8) is 0 Å². The zero-order valence-corrected chi connectivity index (χ0v) is 14.2. The van der Waals surface area contributed by atoms with Crippen LogP contribution in [0.3, 0.4) is 0 Å². The third-order valence-corrected chi connectivity index (χ3v) is 4.25. The summed E-state index contributed by atoms with van der Waals surface area (Å²) in [6, 6.07) is 3.95. The fraction of sp³-hybridized carbons (Fsp3) is 0.562. The lowest BCUT2D eigenvalue weighted by Gasteiger charge is -2.36. The number of ether oxygens (including phenoxy) is 1. The number of carbonyl (C=O) groups excluding carboxylic acids is 1. The molecule has 1 heterocycles. The van der Waals surface area contributed by atoms with Gasteiger partial charge in [-0.25, -0.2) is 0 Å². The number of nitro benzene ring substituents is 1. The zero-order chi connectivity index (χ0) is 17.1. The first-order valence-corrected chi connectivity index (χ1v) is 8.05. The Morgan fingerprint density at radius 2 is 2.00 bits per heavy atom. The van der Waals surface area contributed by atoms with Gasteiger partial charge in [0.1, 0.15) is 5.75 Å². The Morgan fingerprint density at radius 1 is 1.39 bits per heavy atom. The average Bonchev–Trinajstić information content (AvgIpc) is 2.47. The maximum atomic E-state index is 12.5. The van der Waals surface area contributed by atoms with Gasteiger partial charge in [0, 0.05) is 25.2 Å². The van der Waals surface area contributed by atoms with Crippen LogP contribution in [0.1, 0.15) is 27.2 Å². The highest BCUT2D eigenvalue weighted by Gasteiger charge is 2.29. The maximum absolute atomic E-state index is 12.5. The van der Waals surface area contributed by atoms with Gasteiger partial charge in [-0.05, 0) is 31.2 Å². The van der Waals surface area contributed by atoms with Crippen LogP contribution < -0.4 is 4.74 Å². The van der Waals surface area contributed by atoms with E-state index in [1.54, 1.807) is 6.92 Å². The number of halogens is 1. The number of piperidine rings is 1. The first-order chi connectivity index (χ1) is 10.8. The van der Waals surface area contributed by atoms with Gasteiger partial charge in [-0.15, -0.1) is 0 Å². The summed E-state index contributed by atoms with van der Waals surface area (Å²) in [4.78, 5) is 24.5. The lowest BCUT2D eigenvalue weighted by Crippen LogP contribution is -2.47. The molecule has 126 valence electrons. The Morgan fingerprint density at radius 3 is 2.52 bits per heavy atom. The molecule has 1 aromatic rings. The summed E-state index contributed by atoms with van der Waals surface area (Å²) in [5, 5.41) is 10.8. The Kier molecular flexibility index (Phi) is 5.46. The normalized spacial score (nSPS) is 22.5. The Bertz CT molecular complexity index is 598. The smallest absolute Gasteiger partial charge is 0.271 e. The van der Waals surface area contributed by atoms with E-state index in [9.17, 15) is 14.9 Å². The number of hydrogen-bond donors (Lipinski definition) is 0. The predicted octanol–water partition coefficient (Wildman–Crippen LogP) is 3.52. The van der Waals surface area contributed by atoms with E-state index in [0.29, 0.717) is 11.8 Å². The molecule has 0 saturated carbocycles. The summed E-state index contributed by atoms with van der Waals surface area (Å²) in [6.45, 7) is 7.39. The van der Waals surface area contributed by atoms with Gasteiger partial charge in [-0.3, -0.25) is 14.9 Å². The Hall–Kier alpha value is -1.82. The van der Waals surface area contributed by atoms with Crippen LogP contribution in [0.5, 0.6) is 5.75 Å². The third kappa shape index (κ3) is 4.34. The van der Waals surface area contributed by atoms with E-state index in [0.717, 1.165) is 19.5 Å². The van der Waals surface area contributed by atoms with Crippen molar-refractivity contribution >= 4 is 23.2 Å². The van der Waals surface area contributed by atoms with Gasteiger partial charge >= 0.3 is 0 Å². The van der Waals surface area contributed by atoms with Crippen molar-refractivity contribution in [2.45, 2.75) is 33.3 Å². The Labute approximate surface area is 140 Å². The highest BCUT2D eigenvalue weighted by atomic mass is 35.5. The Balaban J connectivity index is 2.05. The van der Waals surface area contributed by atoms with E-state index < -0.39 is 11.0 Å². The van der Waals surface area contributed by atoms with Gasteiger partial charge in [-0.1, -0.05) is 25.4 Å². The van der Waals surface area contributed by atoms with Gasteiger partial charge in [0.15, 0.2) is 6.10 Å². The summed E-state index contributed by atoms with van der Waals surface area (Å²) >= 11 is 6.00. The van der Waals surface area contributed by atoms with E-state index in [2.05, 4.69) is 13.8 Å². The van der Waals surface area contributed by atoms with Crippen molar-refractivity contribution in [2.75, 3.05) is 13.1 Å². The number of nitro groups is 1. The molecule has 7 heteroatoms. The number of hydrogen-bond acceptors (Lipinski definition) is 4. The molecule has 23 heavy (non-hydrogen) atoms. The molecule has 0 radical (unpaired) electrons. The first-order valence-electron chi connectivity index (χ1n) is 7.67. The molecule has 1 saturated heterocycles. The third-order valence-electron chi connectivity index (χ3n) is 3.96. The summed E-state index contributed by atoms with van der Waals surface area (Å²) in [5.74, 6) is 1.13. The molecule has 0 bridgehead atoms. The standard InChI is InChI=1S/C16H21ClN2O4/c1-10-6-11(2)9-18(8-10)16(20)12(3)23-15-5-4-13(19(21)22)7-14(15)17/h4-5,7,10-12H,6,8-9H2,1-3H3/t10-,11-,12+/m0/s1. The van der Waals surface area contributed by atoms with Gasteiger partial charge in [0.25, 0.3) is 11.6 Å². The quantitative estimate of drug-likeness (QED) is 0.621. The van der Waals surface area contributed by atoms with Crippen LogP contribution in [-0.2, 0) is 4.79 Å². The second-order valence-electron chi connectivity index (χ2n) is 6.32. The van der Waals surface area contributed by atoms with Crippen LogP contribution >= 0.6 is 11.6 Å². The van der Waals surface area contributed by atoms with E-state index in [1.165, 1.54) is 18.2 Å². The minimum Gasteiger partial charge on any atom is -0.479 e. The van der Waals surface area contributed by atoms with E-state index in [1.807, 2.05) is 4.90 Å². The number of likely N-dealkylation sites (tertiary alicyclic amines) is 1. The molecule has 0 aliphatic carbocycles. The van der Waals surface area contributed by atoms with Crippen LogP contribution in [0.15, 0.2) is 18.2 Å². The number of benzene rings is 1. The lowest BCUT2D eigenvalue weighted by molar-refractivity contribution is -0.384. The van der Waals surface area contributed by atoms with Gasteiger partial charge in [0.2, 0.25) is 0 Å². The van der Waals surface area contributed by atoms with Crippen molar-refractivity contribution in [2.24, 2.45) is 11.8 Å². The van der Waals surface area contributed by atoms with E-state index >= 15 is 0 Å². The van der Waals surface area contributed by atoms with Crippen molar-refractivity contribution in [1.82, 2.24) is 4.90 Å². The monoisotopic (exact) mass is 340 g/mol. The molecular formula is C16H21ClN2O4. The fourth-order valence-corrected chi connectivity index (χ4v) is 3.26. The van der Waals surface area contributed by atoms with Crippen molar-refractivity contribution in [1.29, 1.82) is 0 Å². The van der Waals surface area contributed by atoms with Gasteiger partial charge in [-0.2, -0.15) is 0 Å². The van der Waals surface area contributed by atoms with Crippen LogP contribution in [-0.4, -0.2) is 34.9 Å². The number of amides is 1. The fourth-order valence-electron chi connectivity index (χ4n) is 3.04. The summed E-state index contributed by atoms with van der Waals surface area (Å²) in [5.41, 5.74) is -0.111. The number of rotatable bonds is 4. The molecule has 0 aromatic heterocycles. The lowest BCUT2D eigenvalue weighted by atomic mass is 9.91. The minimum atomic E-state index is -0.688. The van der Waals surface area contributed by atoms with Crippen LogP contribution in [0.25, 0.3) is 0 Å². The molecular weight excluding hydrogens is 320 g/mol. The zero-order valence-electron chi connectivity index (χ0n) is 13.5. The minimum absolute atomic E-state index is 0.0854. The SMILES string of the molecule is C[C@H]1C[C@H](C)CN(C(=O)[C@@H](C)Oc2ccc([N+](=O)[O-])cc2Cl)C1. The van der Waals surface area contributed by atoms with Crippen molar-refractivity contribution in [3.05, 3.63) is 33.3 Å². The summed E-state index contributed by atoms with van der Waals surface area (Å²) < 4.78 is 5.62. The molecule has 2 rings (SSSR count). The van der Waals surface area contributed by atoms with Gasteiger partial charge in [0.05, 0.1) is 9.95 Å². The molecule has 1 fully saturated rings. The molecule has 0 unspecified atom stereocenters. The van der Waals surface area contributed by atoms with Crippen LogP contribution in [0.2, 0.25) is 5.02 Å². The van der Waals surface area contributed by atoms with E-state index in [-0.39, 0.29) is 22.4 Å². The molecule has 3 atom stereocenters. The first kappa shape index (κ1) is 17.5. The highest BCUT2D eigenvalue weighted by Crippen LogP contribution is 2.30. The maximum Gasteiger partial charge on any atom is 0.271 e. The number of non-ortho nitro benzene ring substituents is 1. The largest absolute Gasteiger partial charge is 0.479 e. The predicted molar refractivity (Wildman–Crippen MR) is 87.7 cm³/mol. The van der Waals surface area contributed by atoms with Crippen LogP contribution in [0, 0.1) is 22.0 Å². The van der Waals surface area contributed by atoms with E-state index in [4.69, 9.17) is 16.3 Å². The molecule has 1 aliphatic rings. The van der Waals surface area contributed by atoms with Gasteiger partial charge < -0.3 is 9.64 Å². The molecule has 6 nitrogen and oxygen atoms in total. The highest BCUT2D eigenvalue weighted by molar-refractivity contribution is 6.32. The summed E-state index contributed by atoms with van der Waals surface area (Å²) in [6.07, 6.45) is 0.430.